The second-order valence-corrected chi connectivity index (χ2v) is 15.9. The third-order valence-electron chi connectivity index (χ3n) is 12.6. The van der Waals surface area contributed by atoms with Crippen LogP contribution in [0.3, 0.4) is 0 Å². The number of fused-ring (bicyclic) bond motifs is 10. The van der Waals surface area contributed by atoms with Crippen molar-refractivity contribution in [3.8, 4) is 44.5 Å². The third kappa shape index (κ3) is 4.95. The summed E-state index contributed by atoms with van der Waals surface area (Å²) in [6.45, 7) is 0. The average Bonchev–Trinajstić information content (AvgIpc) is 3.88. The van der Waals surface area contributed by atoms with Gasteiger partial charge in [-0.05, 0) is 136 Å². The van der Waals surface area contributed by atoms with Crippen LogP contribution in [0, 0.1) is 0 Å². The molecule has 0 aliphatic rings. The lowest BCUT2D eigenvalue weighted by Crippen LogP contribution is -1.93. The maximum atomic E-state index is 6.36. The summed E-state index contributed by atoms with van der Waals surface area (Å²) in [7, 11) is 0. The van der Waals surface area contributed by atoms with E-state index in [0.717, 1.165) is 55.0 Å². The molecule has 0 atom stereocenters. The van der Waals surface area contributed by atoms with Gasteiger partial charge in [0.2, 0.25) is 0 Å². The lowest BCUT2D eigenvalue weighted by Gasteiger charge is -2.20. The van der Waals surface area contributed by atoms with Crippen molar-refractivity contribution in [2.45, 2.75) is 0 Å². The molecule has 11 aromatic carbocycles. The Hall–Kier alpha value is -7.94. The smallest absolute Gasteiger partial charge is 0.135 e. The summed E-state index contributed by atoms with van der Waals surface area (Å²) >= 11 is 0. The van der Waals surface area contributed by atoms with E-state index in [1.165, 1.54) is 76.5 Å². The van der Waals surface area contributed by atoms with Gasteiger partial charge in [-0.15, -0.1) is 0 Å². The molecule has 0 spiro atoms. The number of hydrogen-bond donors (Lipinski definition) is 0. The fourth-order valence-corrected chi connectivity index (χ4v) is 9.90. The Bertz CT molecular complexity index is 3630. The Balaban J connectivity index is 1.18. The van der Waals surface area contributed by atoms with E-state index in [4.69, 9.17) is 8.83 Å². The van der Waals surface area contributed by atoms with Crippen molar-refractivity contribution in [1.82, 2.24) is 0 Å². The van der Waals surface area contributed by atoms with Crippen LogP contribution in [0.15, 0.2) is 215 Å². The standard InChI is InChI=1S/C58H34O2/c1-3-15-41-35(11-1)13-9-19-43(41)37-23-27-47-51(31-37)57(39-25-29-55-49(33-39)45-17-5-7-21-53(45)59-55)48-28-24-38(44-20-10-14-36-12-2-4-16-42(36)44)32-52(48)58(47)40-26-30-56-50(34-40)46-18-6-8-22-54(46)60-56/h1-34H. The number of rotatable bonds is 4. The number of hydrogen-bond acceptors (Lipinski definition) is 2. The first kappa shape index (κ1) is 33.1. The van der Waals surface area contributed by atoms with Crippen LogP contribution in [0.25, 0.3) is 131 Å². The topological polar surface area (TPSA) is 26.3 Å². The Morgan fingerprint density at radius 2 is 0.583 bits per heavy atom. The van der Waals surface area contributed by atoms with Crippen LogP contribution >= 0.6 is 0 Å². The zero-order valence-corrected chi connectivity index (χ0v) is 32.4. The molecule has 0 aliphatic carbocycles. The van der Waals surface area contributed by atoms with Gasteiger partial charge in [0.1, 0.15) is 22.3 Å². The highest BCUT2D eigenvalue weighted by Crippen LogP contribution is 2.48. The molecule has 0 radical (unpaired) electrons. The van der Waals surface area contributed by atoms with Crippen molar-refractivity contribution < 1.29 is 8.83 Å². The Morgan fingerprint density at radius 1 is 0.217 bits per heavy atom. The lowest BCUT2D eigenvalue weighted by molar-refractivity contribution is 0.668. The molecule has 0 amide bonds. The van der Waals surface area contributed by atoms with Gasteiger partial charge in [0.05, 0.1) is 0 Å². The second-order valence-electron chi connectivity index (χ2n) is 15.9. The van der Waals surface area contributed by atoms with Crippen LogP contribution in [0.2, 0.25) is 0 Å². The van der Waals surface area contributed by atoms with E-state index in [-0.39, 0.29) is 0 Å². The molecule has 60 heavy (non-hydrogen) atoms. The highest BCUT2D eigenvalue weighted by molar-refractivity contribution is 6.24. The van der Waals surface area contributed by atoms with Gasteiger partial charge in [-0.1, -0.05) is 158 Å². The van der Waals surface area contributed by atoms with Gasteiger partial charge in [0, 0.05) is 21.5 Å². The van der Waals surface area contributed by atoms with Gasteiger partial charge in [-0.3, -0.25) is 0 Å². The van der Waals surface area contributed by atoms with Gasteiger partial charge < -0.3 is 8.83 Å². The molecule has 0 bridgehead atoms. The Morgan fingerprint density at radius 3 is 1.07 bits per heavy atom. The minimum atomic E-state index is 0.889. The molecule has 0 N–H and O–H groups in total. The quantitative estimate of drug-likeness (QED) is 0.167. The van der Waals surface area contributed by atoms with Gasteiger partial charge in [-0.2, -0.15) is 0 Å². The van der Waals surface area contributed by atoms with Gasteiger partial charge >= 0.3 is 0 Å². The number of benzene rings is 11. The normalized spacial score (nSPS) is 12.0. The summed E-state index contributed by atoms with van der Waals surface area (Å²) in [5.74, 6) is 0. The van der Waals surface area contributed by atoms with E-state index >= 15 is 0 Å². The van der Waals surface area contributed by atoms with E-state index in [2.05, 4.69) is 194 Å². The third-order valence-corrected chi connectivity index (χ3v) is 12.6. The average molecular weight is 763 g/mol. The molecule has 2 aromatic heterocycles. The molecule has 0 fully saturated rings. The fourth-order valence-electron chi connectivity index (χ4n) is 9.90. The zero-order chi connectivity index (χ0) is 39.3. The molecule has 13 rings (SSSR count). The summed E-state index contributed by atoms with van der Waals surface area (Å²) in [5, 5.41) is 14.2. The zero-order valence-electron chi connectivity index (χ0n) is 32.4. The predicted molar refractivity (Wildman–Crippen MR) is 253 cm³/mol. The molecule has 278 valence electrons. The molecule has 13 aromatic rings. The fraction of sp³-hybridized carbons (Fsp3) is 0. The summed E-state index contributed by atoms with van der Waals surface area (Å²) in [6.07, 6.45) is 0. The van der Waals surface area contributed by atoms with Gasteiger partial charge in [0.25, 0.3) is 0 Å². The van der Waals surface area contributed by atoms with E-state index < -0.39 is 0 Å². The van der Waals surface area contributed by atoms with Crippen molar-refractivity contribution in [2.75, 3.05) is 0 Å². The minimum Gasteiger partial charge on any atom is -0.456 e. The molecule has 2 nitrogen and oxygen atoms in total. The van der Waals surface area contributed by atoms with Crippen LogP contribution in [0.4, 0.5) is 0 Å². The van der Waals surface area contributed by atoms with Crippen molar-refractivity contribution >= 4 is 87.0 Å². The molecule has 0 unspecified atom stereocenters. The molecule has 2 heteroatoms. The van der Waals surface area contributed by atoms with Crippen LogP contribution in [-0.4, -0.2) is 0 Å². The maximum absolute atomic E-state index is 6.36. The van der Waals surface area contributed by atoms with E-state index in [1.54, 1.807) is 0 Å². The van der Waals surface area contributed by atoms with Crippen molar-refractivity contribution in [1.29, 1.82) is 0 Å². The Labute approximate surface area is 345 Å². The highest BCUT2D eigenvalue weighted by Gasteiger charge is 2.21. The molecular formula is C58H34O2. The molecule has 0 saturated carbocycles. The monoisotopic (exact) mass is 762 g/mol. The summed E-state index contributed by atoms with van der Waals surface area (Å²) in [6, 6.07) is 75.0. The van der Waals surface area contributed by atoms with E-state index in [9.17, 15) is 0 Å². The SMILES string of the molecule is c1ccc2c(-c3ccc4c(-c5ccc6oc7ccccc7c6c5)c5cc(-c6cccc7ccccc67)ccc5c(-c5ccc6oc7ccccc7c6c5)c4c3)cccc2c1. The van der Waals surface area contributed by atoms with E-state index in [1.807, 2.05) is 12.1 Å². The molecule has 0 aliphatic heterocycles. The maximum Gasteiger partial charge on any atom is 0.135 e. The van der Waals surface area contributed by atoms with Gasteiger partial charge in [0.15, 0.2) is 0 Å². The van der Waals surface area contributed by atoms with E-state index in [0.29, 0.717) is 0 Å². The van der Waals surface area contributed by atoms with Crippen molar-refractivity contribution in [3.05, 3.63) is 206 Å². The molecular weight excluding hydrogens is 729 g/mol. The van der Waals surface area contributed by atoms with Crippen molar-refractivity contribution in [3.63, 3.8) is 0 Å². The first-order valence-corrected chi connectivity index (χ1v) is 20.6. The first-order chi connectivity index (χ1) is 29.7. The lowest BCUT2D eigenvalue weighted by atomic mass is 9.83. The minimum absolute atomic E-state index is 0.889. The Kier molecular flexibility index (Phi) is 7.05. The molecule has 0 saturated heterocycles. The summed E-state index contributed by atoms with van der Waals surface area (Å²) in [4.78, 5) is 0. The van der Waals surface area contributed by atoms with Gasteiger partial charge in [-0.25, -0.2) is 0 Å². The number of furan rings is 2. The van der Waals surface area contributed by atoms with Crippen LogP contribution in [-0.2, 0) is 0 Å². The number of para-hydroxylation sites is 2. The van der Waals surface area contributed by atoms with Crippen LogP contribution < -0.4 is 0 Å². The molecule has 2 heterocycles. The van der Waals surface area contributed by atoms with Crippen LogP contribution in [0.5, 0.6) is 0 Å². The van der Waals surface area contributed by atoms with Crippen molar-refractivity contribution in [2.24, 2.45) is 0 Å². The predicted octanol–water partition coefficient (Wildman–Crippen LogP) is 16.8. The summed E-state index contributed by atoms with van der Waals surface area (Å²) < 4.78 is 12.7. The first-order valence-electron chi connectivity index (χ1n) is 20.6. The van der Waals surface area contributed by atoms with Crippen LogP contribution in [0.1, 0.15) is 0 Å². The second kappa shape index (κ2) is 12.8. The largest absolute Gasteiger partial charge is 0.456 e. The highest BCUT2D eigenvalue weighted by atomic mass is 16.3. The summed E-state index contributed by atoms with van der Waals surface area (Å²) in [5.41, 5.74) is 13.1.